The number of ether oxygens (including phenoxy) is 2. The van der Waals surface area contributed by atoms with Crippen molar-refractivity contribution in [1.82, 2.24) is 4.31 Å². The van der Waals surface area contributed by atoms with Gasteiger partial charge in [0, 0.05) is 25.6 Å². The molecule has 134 valence electrons. The van der Waals surface area contributed by atoms with Crippen LogP contribution in [-0.4, -0.2) is 45.2 Å². The van der Waals surface area contributed by atoms with Crippen LogP contribution in [0.5, 0.6) is 11.5 Å². The van der Waals surface area contributed by atoms with Gasteiger partial charge in [0.1, 0.15) is 0 Å². The van der Waals surface area contributed by atoms with Crippen molar-refractivity contribution in [2.45, 2.75) is 30.3 Å². The minimum Gasteiger partial charge on any atom is -0.490 e. The van der Waals surface area contributed by atoms with Gasteiger partial charge in [-0.3, -0.25) is 0 Å². The number of benzene rings is 1. The average Bonchev–Trinajstić information content (AvgIpc) is 2.78. The Labute approximate surface area is 138 Å². The van der Waals surface area contributed by atoms with Gasteiger partial charge in [0.2, 0.25) is 10.0 Å². The fourth-order valence-electron chi connectivity index (χ4n) is 2.88. The summed E-state index contributed by atoms with van der Waals surface area (Å²) in [5.41, 5.74) is 0. The number of nitrogens with zero attached hydrogens (tertiary/aromatic N) is 1. The van der Waals surface area contributed by atoms with E-state index >= 15 is 0 Å². The summed E-state index contributed by atoms with van der Waals surface area (Å²) < 4.78 is 76.0. The Morgan fingerprint density at radius 2 is 1.79 bits per heavy atom. The standard InChI is InChI=1S/C15H18F3NO4S/c16-15(17,18)11-3-1-6-19(10-11)24(20,21)12-4-5-13-14(9-12)23-8-2-7-22-13/h4-5,9,11H,1-3,6-8,10H2/t11-/m1/s1. The van der Waals surface area contributed by atoms with Gasteiger partial charge >= 0.3 is 6.18 Å². The van der Waals surface area contributed by atoms with Crippen molar-refractivity contribution in [3.63, 3.8) is 0 Å². The van der Waals surface area contributed by atoms with Crippen molar-refractivity contribution >= 4 is 10.0 Å². The van der Waals surface area contributed by atoms with Crippen molar-refractivity contribution in [1.29, 1.82) is 0 Å². The monoisotopic (exact) mass is 365 g/mol. The molecule has 0 aromatic heterocycles. The van der Waals surface area contributed by atoms with Crippen LogP contribution in [0.15, 0.2) is 23.1 Å². The second-order valence-electron chi connectivity index (χ2n) is 5.90. The number of hydrogen-bond acceptors (Lipinski definition) is 4. The van der Waals surface area contributed by atoms with Gasteiger partial charge in [-0.05, 0) is 25.0 Å². The van der Waals surface area contributed by atoms with Gasteiger partial charge in [0.15, 0.2) is 11.5 Å². The molecule has 1 aromatic rings. The first-order valence-electron chi connectivity index (χ1n) is 7.75. The Balaban J connectivity index is 1.86. The molecule has 3 rings (SSSR count). The van der Waals surface area contributed by atoms with E-state index in [1.165, 1.54) is 18.2 Å². The van der Waals surface area contributed by atoms with Crippen LogP contribution < -0.4 is 9.47 Å². The molecule has 0 spiro atoms. The van der Waals surface area contributed by atoms with E-state index in [-0.39, 0.29) is 24.3 Å². The lowest BCUT2D eigenvalue weighted by atomic mass is 9.99. The van der Waals surface area contributed by atoms with E-state index in [4.69, 9.17) is 9.47 Å². The average molecular weight is 365 g/mol. The highest BCUT2D eigenvalue weighted by molar-refractivity contribution is 7.89. The Hall–Kier alpha value is -1.48. The number of halogens is 3. The highest BCUT2D eigenvalue weighted by Gasteiger charge is 2.44. The lowest BCUT2D eigenvalue weighted by molar-refractivity contribution is -0.182. The molecule has 0 amide bonds. The first-order valence-corrected chi connectivity index (χ1v) is 9.19. The molecule has 0 N–H and O–H groups in total. The summed E-state index contributed by atoms with van der Waals surface area (Å²) in [7, 11) is -4.00. The summed E-state index contributed by atoms with van der Waals surface area (Å²) in [6.07, 6.45) is -3.57. The smallest absolute Gasteiger partial charge is 0.393 e. The van der Waals surface area contributed by atoms with E-state index in [9.17, 15) is 21.6 Å². The normalized spacial score (nSPS) is 22.9. The van der Waals surface area contributed by atoms with Crippen molar-refractivity contribution in [2.24, 2.45) is 5.92 Å². The van der Waals surface area contributed by atoms with Gasteiger partial charge in [0.25, 0.3) is 0 Å². The Bertz CT molecular complexity index is 705. The summed E-state index contributed by atoms with van der Waals surface area (Å²) in [5.74, 6) is -0.877. The van der Waals surface area contributed by atoms with Crippen LogP contribution in [0.2, 0.25) is 0 Å². The minimum atomic E-state index is -4.39. The fourth-order valence-corrected chi connectivity index (χ4v) is 4.42. The van der Waals surface area contributed by atoms with E-state index < -0.39 is 28.7 Å². The van der Waals surface area contributed by atoms with Gasteiger partial charge in [-0.1, -0.05) is 0 Å². The van der Waals surface area contributed by atoms with E-state index in [2.05, 4.69) is 0 Å². The third kappa shape index (κ3) is 3.46. The topological polar surface area (TPSA) is 55.8 Å². The summed E-state index contributed by atoms with van der Waals surface area (Å²) >= 11 is 0. The number of rotatable bonds is 2. The fraction of sp³-hybridized carbons (Fsp3) is 0.600. The predicted octanol–water partition coefficient (Wildman–Crippen LogP) is 2.81. The molecule has 0 aliphatic carbocycles. The van der Waals surface area contributed by atoms with Crippen molar-refractivity contribution < 1.29 is 31.1 Å². The van der Waals surface area contributed by atoms with Crippen molar-refractivity contribution in [3.8, 4) is 11.5 Å². The Morgan fingerprint density at radius 3 is 2.50 bits per heavy atom. The van der Waals surface area contributed by atoms with Crippen LogP contribution in [0.25, 0.3) is 0 Å². The van der Waals surface area contributed by atoms with E-state index in [1.807, 2.05) is 0 Å². The molecule has 1 atom stereocenters. The Morgan fingerprint density at radius 1 is 1.08 bits per heavy atom. The maximum absolute atomic E-state index is 12.9. The third-order valence-corrected chi connectivity index (χ3v) is 6.06. The highest BCUT2D eigenvalue weighted by Crippen LogP contribution is 2.37. The first kappa shape index (κ1) is 17.3. The third-order valence-electron chi connectivity index (χ3n) is 4.20. The molecule has 1 fully saturated rings. The quantitative estimate of drug-likeness (QED) is 0.809. The lowest BCUT2D eigenvalue weighted by Gasteiger charge is -2.32. The molecule has 0 saturated carbocycles. The summed E-state index contributed by atoms with van der Waals surface area (Å²) in [4.78, 5) is -0.0745. The maximum atomic E-state index is 12.9. The lowest BCUT2D eigenvalue weighted by Crippen LogP contribution is -2.44. The highest BCUT2D eigenvalue weighted by atomic mass is 32.2. The zero-order valence-corrected chi connectivity index (χ0v) is 13.7. The zero-order valence-electron chi connectivity index (χ0n) is 12.9. The summed E-state index contributed by atoms with van der Waals surface area (Å²) in [6, 6.07) is 4.16. The van der Waals surface area contributed by atoms with E-state index in [0.717, 1.165) is 4.31 Å². The van der Waals surface area contributed by atoms with Crippen LogP contribution in [0, 0.1) is 5.92 Å². The predicted molar refractivity (Wildman–Crippen MR) is 79.6 cm³/mol. The summed E-state index contributed by atoms with van der Waals surface area (Å²) in [6.45, 7) is 0.415. The molecule has 5 nitrogen and oxygen atoms in total. The van der Waals surface area contributed by atoms with Crippen LogP contribution in [0.3, 0.4) is 0 Å². The molecular weight excluding hydrogens is 347 g/mol. The zero-order chi connectivity index (χ0) is 17.4. The van der Waals surface area contributed by atoms with Gasteiger partial charge < -0.3 is 9.47 Å². The van der Waals surface area contributed by atoms with Gasteiger partial charge in [-0.2, -0.15) is 17.5 Å². The van der Waals surface area contributed by atoms with Crippen LogP contribution in [0.4, 0.5) is 13.2 Å². The molecular formula is C15H18F3NO4S. The number of piperidine rings is 1. The van der Waals surface area contributed by atoms with Crippen LogP contribution >= 0.6 is 0 Å². The minimum absolute atomic E-state index is 0.0450. The molecule has 2 aliphatic rings. The SMILES string of the molecule is O=S(=O)(c1ccc2c(c1)OCCCO2)N1CCC[C@@H](C(F)(F)F)C1. The van der Waals surface area contributed by atoms with Gasteiger partial charge in [0.05, 0.1) is 24.0 Å². The van der Waals surface area contributed by atoms with Crippen molar-refractivity contribution in [3.05, 3.63) is 18.2 Å². The largest absolute Gasteiger partial charge is 0.490 e. The molecule has 9 heteroatoms. The summed E-state index contributed by atoms with van der Waals surface area (Å²) in [5, 5.41) is 0. The van der Waals surface area contributed by atoms with E-state index in [1.54, 1.807) is 0 Å². The van der Waals surface area contributed by atoms with Crippen molar-refractivity contribution in [2.75, 3.05) is 26.3 Å². The van der Waals surface area contributed by atoms with Crippen LogP contribution in [0.1, 0.15) is 19.3 Å². The Kier molecular flexibility index (Phi) is 4.65. The van der Waals surface area contributed by atoms with Gasteiger partial charge in [-0.15, -0.1) is 0 Å². The molecule has 0 bridgehead atoms. The number of alkyl halides is 3. The first-order chi connectivity index (χ1) is 11.3. The number of fused-ring (bicyclic) bond motifs is 1. The number of hydrogen-bond donors (Lipinski definition) is 0. The van der Waals surface area contributed by atoms with Crippen LogP contribution in [-0.2, 0) is 10.0 Å². The molecule has 0 radical (unpaired) electrons. The second kappa shape index (κ2) is 6.44. The molecule has 0 unspecified atom stereocenters. The second-order valence-corrected chi connectivity index (χ2v) is 7.84. The molecule has 24 heavy (non-hydrogen) atoms. The molecule has 1 saturated heterocycles. The van der Waals surface area contributed by atoms with Gasteiger partial charge in [-0.25, -0.2) is 8.42 Å². The molecule has 1 aromatic carbocycles. The molecule has 2 heterocycles. The maximum Gasteiger partial charge on any atom is 0.393 e. The molecule has 2 aliphatic heterocycles. The van der Waals surface area contributed by atoms with E-state index in [0.29, 0.717) is 31.1 Å². The number of sulfonamides is 1.